The van der Waals surface area contributed by atoms with Gasteiger partial charge in [-0.1, -0.05) is 40.2 Å². The predicted octanol–water partition coefficient (Wildman–Crippen LogP) is 9.10. The zero-order chi connectivity index (χ0) is 30.1. The number of fused-ring (bicyclic) bond motifs is 2. The molecule has 0 unspecified atom stereocenters. The highest BCUT2D eigenvalue weighted by molar-refractivity contribution is 9.13. The maximum atomic E-state index is 13.7. The largest absolute Gasteiger partial charge is 0.490 e. The van der Waals surface area contributed by atoms with Crippen LogP contribution in [-0.4, -0.2) is 22.5 Å². The number of hydrogen-bond donors (Lipinski definition) is 0. The normalized spacial score (nSPS) is 11.6. The first-order valence-electron chi connectivity index (χ1n) is 13.1. The fourth-order valence-electron chi connectivity index (χ4n) is 4.47. The van der Waals surface area contributed by atoms with Crippen molar-refractivity contribution in [2.75, 3.05) is 6.61 Å². The van der Waals surface area contributed by atoms with Crippen molar-refractivity contribution in [3.8, 4) is 23.1 Å². The van der Waals surface area contributed by atoms with Crippen molar-refractivity contribution in [1.29, 1.82) is 0 Å². The molecule has 6 aromatic rings. The number of hydrogen-bond acceptors (Lipinski definition) is 6. The van der Waals surface area contributed by atoms with Gasteiger partial charge in [0.1, 0.15) is 18.0 Å². The van der Waals surface area contributed by atoms with Gasteiger partial charge in [0.05, 0.1) is 28.2 Å². The van der Waals surface area contributed by atoms with Gasteiger partial charge in [0.2, 0.25) is 5.82 Å². The molecule has 0 radical (unpaired) electrons. The molecule has 0 atom stereocenters. The summed E-state index contributed by atoms with van der Waals surface area (Å²) in [6, 6.07) is 22.4. The van der Waals surface area contributed by atoms with Gasteiger partial charge < -0.3 is 13.9 Å². The van der Waals surface area contributed by atoms with E-state index in [1.165, 1.54) is 16.8 Å². The summed E-state index contributed by atoms with van der Waals surface area (Å²) < 4.78 is 34.8. The topological polar surface area (TPSA) is 78.9 Å². The highest BCUT2D eigenvalue weighted by atomic mass is 79.9. The minimum atomic E-state index is -0.349. The van der Waals surface area contributed by atoms with E-state index in [1.54, 1.807) is 42.6 Å². The molecular formula is C32H21Br3FN3O4. The summed E-state index contributed by atoms with van der Waals surface area (Å²) in [6.45, 7) is 2.46. The molecule has 11 heteroatoms. The predicted molar refractivity (Wildman–Crippen MR) is 176 cm³/mol. The van der Waals surface area contributed by atoms with Gasteiger partial charge in [-0.15, -0.1) is 0 Å². The molecule has 7 nitrogen and oxygen atoms in total. The zero-order valence-corrected chi connectivity index (χ0v) is 27.2. The lowest BCUT2D eigenvalue weighted by atomic mass is 10.2. The van der Waals surface area contributed by atoms with Gasteiger partial charge in [-0.3, -0.25) is 4.79 Å². The van der Waals surface area contributed by atoms with Crippen LogP contribution in [-0.2, 0) is 6.61 Å². The molecule has 43 heavy (non-hydrogen) atoms. The number of benzene rings is 4. The van der Waals surface area contributed by atoms with Crippen LogP contribution in [0.2, 0.25) is 0 Å². The fourth-order valence-corrected chi connectivity index (χ4v) is 5.78. The van der Waals surface area contributed by atoms with Gasteiger partial charge in [-0.05, 0) is 98.9 Å². The van der Waals surface area contributed by atoms with Crippen LogP contribution in [0.4, 0.5) is 4.39 Å². The van der Waals surface area contributed by atoms with Gasteiger partial charge in [0.25, 0.3) is 5.56 Å². The lowest BCUT2D eigenvalue weighted by Crippen LogP contribution is -2.20. The van der Waals surface area contributed by atoms with Crippen molar-refractivity contribution >= 4 is 75.9 Å². The van der Waals surface area contributed by atoms with E-state index < -0.39 is 0 Å². The van der Waals surface area contributed by atoms with Crippen molar-refractivity contribution in [3.05, 3.63) is 120 Å². The lowest BCUT2D eigenvalue weighted by molar-refractivity contribution is 0.267. The Balaban J connectivity index is 1.43. The fraction of sp³-hybridized carbons (Fsp3) is 0.0938. The average Bonchev–Trinajstić information content (AvgIpc) is 3.43. The smallest absolute Gasteiger partial charge is 0.282 e. The summed E-state index contributed by atoms with van der Waals surface area (Å²) in [6.07, 6.45) is 1.54. The van der Waals surface area contributed by atoms with E-state index in [0.29, 0.717) is 54.9 Å². The summed E-state index contributed by atoms with van der Waals surface area (Å²) in [5, 5.41) is 5.86. The number of aromatic nitrogens is 2. The first-order chi connectivity index (χ1) is 20.8. The van der Waals surface area contributed by atoms with E-state index in [0.717, 1.165) is 15.4 Å². The minimum absolute atomic E-state index is 0.203. The Hall–Kier alpha value is -3.80. The molecule has 0 aliphatic carbocycles. The monoisotopic (exact) mass is 767 g/mol. The number of ether oxygens (including phenoxy) is 2. The second-order valence-corrected chi connectivity index (χ2v) is 11.9. The Labute approximate surface area is 270 Å². The van der Waals surface area contributed by atoms with Crippen molar-refractivity contribution in [2.45, 2.75) is 13.5 Å². The van der Waals surface area contributed by atoms with Gasteiger partial charge in [0.15, 0.2) is 17.3 Å². The summed E-state index contributed by atoms with van der Waals surface area (Å²) in [4.78, 5) is 18.5. The first-order valence-corrected chi connectivity index (χ1v) is 15.5. The van der Waals surface area contributed by atoms with Crippen LogP contribution in [0, 0.1) is 5.82 Å². The third-order valence-corrected chi connectivity index (χ3v) is 9.15. The molecule has 0 aliphatic rings. The van der Waals surface area contributed by atoms with Crippen LogP contribution in [0.15, 0.2) is 107 Å². The molecule has 0 saturated heterocycles. The van der Waals surface area contributed by atoms with Crippen molar-refractivity contribution < 1.29 is 18.3 Å². The zero-order valence-electron chi connectivity index (χ0n) is 22.5. The van der Waals surface area contributed by atoms with Crippen LogP contribution in [0.1, 0.15) is 18.1 Å². The molecule has 0 fully saturated rings. The van der Waals surface area contributed by atoms with Gasteiger partial charge >= 0.3 is 0 Å². The second-order valence-electron chi connectivity index (χ2n) is 9.38. The van der Waals surface area contributed by atoms with E-state index in [-0.39, 0.29) is 23.8 Å². The van der Waals surface area contributed by atoms with Crippen molar-refractivity contribution in [2.24, 2.45) is 5.10 Å². The number of furan rings is 1. The summed E-state index contributed by atoms with van der Waals surface area (Å²) in [5.41, 5.74) is 2.24. The highest BCUT2D eigenvalue weighted by Crippen LogP contribution is 2.43. The summed E-state index contributed by atoms with van der Waals surface area (Å²) in [7, 11) is 0. The van der Waals surface area contributed by atoms with E-state index >= 15 is 0 Å². The van der Waals surface area contributed by atoms with Crippen LogP contribution < -0.4 is 15.0 Å². The molecule has 2 aromatic heterocycles. The second kappa shape index (κ2) is 12.4. The van der Waals surface area contributed by atoms with E-state index in [1.807, 2.05) is 37.3 Å². The van der Waals surface area contributed by atoms with E-state index in [2.05, 4.69) is 52.9 Å². The molecule has 0 aliphatic heterocycles. The molecule has 2 heterocycles. The molecule has 4 aromatic carbocycles. The maximum Gasteiger partial charge on any atom is 0.282 e. The molecule has 0 saturated carbocycles. The van der Waals surface area contributed by atoms with Gasteiger partial charge in [-0.25, -0.2) is 9.37 Å². The Kier molecular flexibility index (Phi) is 8.47. The average molecular weight is 770 g/mol. The Morgan fingerprint density at radius 1 is 0.977 bits per heavy atom. The third kappa shape index (κ3) is 6.02. The van der Waals surface area contributed by atoms with Crippen molar-refractivity contribution in [1.82, 2.24) is 9.66 Å². The van der Waals surface area contributed by atoms with Crippen LogP contribution in [0.3, 0.4) is 0 Å². The minimum Gasteiger partial charge on any atom is -0.490 e. The van der Waals surface area contributed by atoms with Crippen LogP contribution in [0.5, 0.6) is 11.5 Å². The Morgan fingerprint density at radius 3 is 2.56 bits per heavy atom. The lowest BCUT2D eigenvalue weighted by Gasteiger charge is -2.16. The molecule has 0 N–H and O–H groups in total. The number of para-hydroxylation sites is 1. The molecule has 0 bridgehead atoms. The number of rotatable bonds is 8. The molecule has 0 spiro atoms. The Morgan fingerprint density at radius 2 is 1.77 bits per heavy atom. The van der Waals surface area contributed by atoms with Crippen molar-refractivity contribution in [3.63, 3.8) is 0 Å². The number of halogens is 4. The van der Waals surface area contributed by atoms with Gasteiger partial charge in [-0.2, -0.15) is 9.78 Å². The molecule has 216 valence electrons. The highest BCUT2D eigenvalue weighted by Gasteiger charge is 2.19. The summed E-state index contributed by atoms with van der Waals surface area (Å²) >= 11 is 10.7. The molecule has 0 amide bonds. The third-order valence-electron chi connectivity index (χ3n) is 6.52. The first kappa shape index (κ1) is 29.3. The molecular weight excluding hydrogens is 749 g/mol. The van der Waals surface area contributed by atoms with Crippen LogP contribution in [0.25, 0.3) is 33.5 Å². The summed E-state index contributed by atoms with van der Waals surface area (Å²) in [5.74, 6) is 1.27. The maximum absolute atomic E-state index is 13.7. The van der Waals surface area contributed by atoms with E-state index in [4.69, 9.17) is 18.9 Å². The van der Waals surface area contributed by atoms with Gasteiger partial charge in [0, 0.05) is 19.9 Å². The van der Waals surface area contributed by atoms with Crippen LogP contribution >= 0.6 is 47.8 Å². The molecule has 6 rings (SSSR count). The Bertz CT molecular complexity index is 2070. The quantitative estimate of drug-likeness (QED) is 0.144. The van der Waals surface area contributed by atoms with E-state index in [9.17, 15) is 9.18 Å². The standard InChI is InChI=1S/C32H21Br3FN3O4/c1-2-41-26-15-20(28(34)29(35)30(26)42-17-18-7-10-22(36)11-8-18)16-37-39-31(38-24-6-4-3-5-23(24)32(39)40)27-14-19-13-21(33)9-12-25(19)43-27/h3-16H,2,17H2,1H3. The SMILES string of the molecule is CCOc1cc(C=Nn2c(-c3cc4cc(Br)ccc4o3)nc3ccccc3c2=O)c(Br)c(Br)c1OCc1ccc(F)cc1. The number of nitrogens with zero attached hydrogens (tertiary/aromatic N) is 3.